The molecule has 13 nitrogen and oxygen atoms in total. The summed E-state index contributed by atoms with van der Waals surface area (Å²) in [5.74, 6) is -2.95. The van der Waals surface area contributed by atoms with Crippen molar-refractivity contribution in [3.63, 3.8) is 0 Å². The van der Waals surface area contributed by atoms with Crippen LogP contribution in [0.15, 0.2) is 103 Å². The summed E-state index contributed by atoms with van der Waals surface area (Å²) in [5, 5.41) is 4.52. The average molecular weight is 818 g/mol. The summed E-state index contributed by atoms with van der Waals surface area (Å²) < 4.78 is 45.2. The number of aromatic nitrogens is 4. The maximum absolute atomic E-state index is 14.8. The van der Waals surface area contributed by atoms with Crippen LogP contribution in [0.1, 0.15) is 55.5 Å². The minimum atomic E-state index is -3.16. The summed E-state index contributed by atoms with van der Waals surface area (Å²) >= 11 is 0. The molecule has 0 unspecified atom stereocenters. The Morgan fingerprint density at radius 1 is 0.817 bits per heavy atom. The monoisotopic (exact) mass is 817 g/mol. The van der Waals surface area contributed by atoms with E-state index in [9.17, 15) is 23.2 Å². The molecule has 0 saturated carbocycles. The molecule has 3 amide bonds. The minimum Gasteiger partial charge on any atom is -0.453 e. The van der Waals surface area contributed by atoms with E-state index in [1.807, 2.05) is 66.9 Å². The van der Waals surface area contributed by atoms with Crippen LogP contribution in [0.5, 0.6) is 0 Å². The molecule has 2 fully saturated rings. The van der Waals surface area contributed by atoms with Crippen LogP contribution in [0.3, 0.4) is 0 Å². The Balaban J connectivity index is 0.939. The fourth-order valence-corrected chi connectivity index (χ4v) is 7.99. The van der Waals surface area contributed by atoms with Gasteiger partial charge in [-0.15, -0.1) is 0 Å². The minimum absolute atomic E-state index is 0.186. The zero-order valence-corrected chi connectivity index (χ0v) is 33.4. The Bertz CT molecular complexity index is 2490. The number of alkyl carbamates (subject to hydrolysis) is 1. The molecular formula is C45H45F2N7O6. The molecule has 2 aliphatic rings. The fraction of sp³-hybridized carbons (Fsp3) is 0.311. The van der Waals surface area contributed by atoms with E-state index in [2.05, 4.69) is 60.3 Å². The molecule has 4 heterocycles. The number of amides is 3. The summed E-state index contributed by atoms with van der Waals surface area (Å²) in [6.45, 7) is 1.56. The van der Waals surface area contributed by atoms with Crippen molar-refractivity contribution in [1.82, 2.24) is 35.1 Å². The highest BCUT2D eigenvalue weighted by Gasteiger charge is 2.50. The lowest BCUT2D eigenvalue weighted by Crippen LogP contribution is -2.54. The normalized spacial score (nSPS) is 18.4. The number of carbonyl (C=O) groups excluding carboxylic acids is 3. The van der Waals surface area contributed by atoms with E-state index >= 15 is 0 Å². The Hall–Kier alpha value is -6.61. The lowest BCUT2D eigenvalue weighted by atomic mass is 9.98. The number of H-pyrrole nitrogens is 2. The number of nitrogens with zero attached hydrogens (tertiary/aromatic N) is 4. The molecule has 0 aliphatic carbocycles. The number of rotatable bonds is 11. The third-order valence-corrected chi connectivity index (χ3v) is 11.3. The number of carbonyl (C=O) groups is 3. The van der Waals surface area contributed by atoms with Crippen molar-refractivity contribution in [2.75, 3.05) is 27.3 Å². The first-order valence-electron chi connectivity index (χ1n) is 19.8. The number of aromatic amines is 2. The van der Waals surface area contributed by atoms with Crippen LogP contribution in [0, 0.1) is 0 Å². The third kappa shape index (κ3) is 8.43. The summed E-state index contributed by atoms with van der Waals surface area (Å²) in [4.78, 5) is 57.1. The molecule has 6 aromatic rings. The Morgan fingerprint density at radius 2 is 1.43 bits per heavy atom. The molecule has 8 rings (SSSR count). The second-order valence-corrected chi connectivity index (χ2v) is 15.2. The molecule has 2 saturated heterocycles. The highest BCUT2D eigenvalue weighted by molar-refractivity contribution is 5.91. The van der Waals surface area contributed by atoms with Crippen molar-refractivity contribution in [2.45, 2.75) is 62.9 Å². The van der Waals surface area contributed by atoms with Gasteiger partial charge >= 0.3 is 12.2 Å². The molecule has 4 aromatic carbocycles. The van der Waals surface area contributed by atoms with Crippen LogP contribution in [-0.2, 0) is 25.6 Å². The van der Waals surface area contributed by atoms with Gasteiger partial charge in [-0.2, -0.15) is 0 Å². The van der Waals surface area contributed by atoms with Gasteiger partial charge in [0.15, 0.2) is 0 Å². The first-order chi connectivity index (χ1) is 29.0. The summed E-state index contributed by atoms with van der Waals surface area (Å²) in [5.41, 5.74) is 6.16. The van der Waals surface area contributed by atoms with Crippen molar-refractivity contribution in [3.05, 3.63) is 121 Å². The lowest BCUT2D eigenvalue weighted by Gasteiger charge is -2.30. The molecule has 2 aromatic heterocycles. The van der Waals surface area contributed by atoms with E-state index in [4.69, 9.17) is 9.47 Å². The highest BCUT2D eigenvalue weighted by atomic mass is 19.3. The molecular weight excluding hydrogens is 773 g/mol. The zero-order chi connectivity index (χ0) is 42.0. The van der Waals surface area contributed by atoms with Gasteiger partial charge in [0.05, 0.1) is 55.6 Å². The molecule has 310 valence electrons. The number of nitrogens with one attached hydrogen (secondary N) is 3. The first kappa shape index (κ1) is 40.2. The Morgan fingerprint density at radius 3 is 2.12 bits per heavy atom. The van der Waals surface area contributed by atoms with Gasteiger partial charge in [0.25, 0.3) is 5.92 Å². The van der Waals surface area contributed by atoms with Crippen LogP contribution in [-0.4, -0.2) is 93.2 Å². The average Bonchev–Trinajstić information content (AvgIpc) is 4.11. The van der Waals surface area contributed by atoms with Crippen molar-refractivity contribution in [3.8, 4) is 33.6 Å². The van der Waals surface area contributed by atoms with Gasteiger partial charge in [0.1, 0.15) is 24.3 Å². The van der Waals surface area contributed by atoms with E-state index in [0.717, 1.165) is 75.0 Å². The largest absolute Gasteiger partial charge is 0.453 e. The summed E-state index contributed by atoms with van der Waals surface area (Å²) in [7, 11) is 2.51. The maximum Gasteiger partial charge on any atom is 0.410 e. The SMILES string of the molecule is COC(=O)N[C@H](C(=O)N1CC(F)(F)C[C@H]1c1ncc(-c2ccc(-c3ccc4cc(-c5cnc([C@@H]6CCCN6C(=O)OCc6ccccc6)[nH]5)ccc4c3)cc2)[nH]1)[C@@H](C)OC. The number of halogens is 2. The van der Waals surface area contributed by atoms with Gasteiger partial charge in [-0.05, 0) is 64.9 Å². The number of fused-ring (bicyclic) bond motifs is 1. The van der Waals surface area contributed by atoms with Crippen molar-refractivity contribution in [1.29, 1.82) is 0 Å². The number of hydrogen-bond donors (Lipinski definition) is 3. The smallest absolute Gasteiger partial charge is 0.410 e. The van der Waals surface area contributed by atoms with Crippen molar-refractivity contribution < 1.29 is 37.4 Å². The predicted molar refractivity (Wildman–Crippen MR) is 220 cm³/mol. The fourth-order valence-electron chi connectivity index (χ4n) is 7.99. The second kappa shape index (κ2) is 16.9. The molecule has 60 heavy (non-hydrogen) atoms. The van der Waals surface area contributed by atoms with Crippen LogP contribution in [0.4, 0.5) is 18.4 Å². The number of imidazole rings is 2. The second-order valence-electron chi connectivity index (χ2n) is 15.2. The van der Waals surface area contributed by atoms with E-state index in [1.54, 1.807) is 18.0 Å². The van der Waals surface area contributed by atoms with E-state index in [0.29, 0.717) is 12.2 Å². The molecule has 4 atom stereocenters. The van der Waals surface area contributed by atoms with Gasteiger partial charge in [-0.3, -0.25) is 9.69 Å². The van der Waals surface area contributed by atoms with Crippen molar-refractivity contribution >= 4 is 28.9 Å². The Kier molecular flexibility index (Phi) is 11.3. The van der Waals surface area contributed by atoms with Gasteiger partial charge in [0.2, 0.25) is 5.91 Å². The third-order valence-electron chi connectivity index (χ3n) is 11.3. The Labute approximate surface area is 345 Å². The van der Waals surface area contributed by atoms with Gasteiger partial charge < -0.3 is 34.4 Å². The number of alkyl halides is 2. The lowest BCUT2D eigenvalue weighted by molar-refractivity contribution is -0.138. The molecule has 15 heteroatoms. The maximum atomic E-state index is 14.8. The summed E-state index contributed by atoms with van der Waals surface area (Å²) in [6, 6.07) is 27.4. The van der Waals surface area contributed by atoms with Crippen LogP contribution in [0.25, 0.3) is 44.4 Å². The standard InChI is InChI=1S/C45H45F2N7O6/c1-27(58-2)39(52-43(56)59-3)42(55)54-26-45(46,47)22-38(54)41-49-23-35(50-41)30-13-11-29(12-14-30)31-15-16-33-21-34(18-17-32(33)20-31)36-24-48-40(51-36)37-10-7-19-53(37)44(57)60-25-28-8-5-4-6-9-28/h4-6,8-9,11-18,20-21,23-24,27,37-39H,7,10,19,22,25-26H2,1-3H3,(H,48,51)(H,49,50)(H,52,56)/t27-,37+,38+,39+/m1/s1. The molecule has 3 N–H and O–H groups in total. The van der Waals surface area contributed by atoms with Gasteiger partial charge in [0, 0.05) is 25.6 Å². The molecule has 2 aliphatic heterocycles. The number of ether oxygens (including phenoxy) is 3. The van der Waals surface area contributed by atoms with E-state index in [-0.39, 0.29) is 24.6 Å². The highest BCUT2D eigenvalue weighted by Crippen LogP contribution is 2.41. The number of methoxy groups -OCH3 is 2. The first-order valence-corrected chi connectivity index (χ1v) is 19.8. The number of benzene rings is 4. The molecule has 0 radical (unpaired) electrons. The van der Waals surface area contributed by atoms with Crippen LogP contribution < -0.4 is 5.32 Å². The molecule has 0 spiro atoms. The van der Waals surface area contributed by atoms with Gasteiger partial charge in [-0.25, -0.2) is 28.3 Å². The van der Waals surface area contributed by atoms with Crippen LogP contribution in [0.2, 0.25) is 0 Å². The quantitative estimate of drug-likeness (QED) is 0.118. The zero-order valence-electron chi connectivity index (χ0n) is 33.4. The number of hydrogen-bond acceptors (Lipinski definition) is 8. The van der Waals surface area contributed by atoms with E-state index in [1.165, 1.54) is 7.11 Å². The summed E-state index contributed by atoms with van der Waals surface area (Å²) in [6.07, 6.45) is 2.38. The predicted octanol–water partition coefficient (Wildman–Crippen LogP) is 8.43. The van der Waals surface area contributed by atoms with Crippen molar-refractivity contribution in [2.24, 2.45) is 0 Å². The number of likely N-dealkylation sites (tertiary alicyclic amines) is 2. The van der Waals surface area contributed by atoms with E-state index < -0.39 is 49.1 Å². The van der Waals surface area contributed by atoms with Gasteiger partial charge in [-0.1, -0.05) is 78.9 Å². The van der Waals surface area contributed by atoms with Crippen LogP contribution >= 0.6 is 0 Å². The topological polar surface area (TPSA) is 155 Å². The molecule has 0 bridgehead atoms.